The lowest BCUT2D eigenvalue weighted by molar-refractivity contribution is 0.0942. The first-order chi connectivity index (χ1) is 14.0. The zero-order valence-corrected chi connectivity index (χ0v) is 17.9. The molecule has 29 heavy (non-hydrogen) atoms. The van der Waals surface area contributed by atoms with Gasteiger partial charge in [0.1, 0.15) is 7.85 Å². The van der Waals surface area contributed by atoms with Crippen LogP contribution in [0.1, 0.15) is 38.5 Å². The van der Waals surface area contributed by atoms with Crippen LogP contribution in [0.4, 0.5) is 0 Å². The summed E-state index contributed by atoms with van der Waals surface area (Å²) in [4.78, 5) is 15.1. The topological polar surface area (TPSA) is 72.9 Å². The van der Waals surface area contributed by atoms with E-state index in [1.165, 1.54) is 15.9 Å². The normalized spacial score (nSPS) is 14.4. The highest BCUT2D eigenvalue weighted by atomic mass is 32.1. The van der Waals surface area contributed by atoms with Gasteiger partial charge in [-0.05, 0) is 49.8 Å². The van der Waals surface area contributed by atoms with Crippen LogP contribution in [-0.2, 0) is 19.4 Å². The van der Waals surface area contributed by atoms with Gasteiger partial charge in [0, 0.05) is 29.6 Å². The molecule has 0 saturated heterocycles. The predicted octanol–water partition coefficient (Wildman–Crippen LogP) is 1.81. The van der Waals surface area contributed by atoms with Gasteiger partial charge in [0.15, 0.2) is 0 Å². The SMILES string of the molecule is Bc1cccc(CC(CN)NC(=O)c2cc3c(s2)CCCCn2ncc(C)c2-3)c1. The number of nitrogens with one attached hydrogen (secondary N) is 1. The molecule has 5 nitrogen and oxygen atoms in total. The van der Waals surface area contributed by atoms with Crippen LogP contribution >= 0.6 is 11.3 Å². The molecule has 3 heterocycles. The van der Waals surface area contributed by atoms with Crippen molar-refractivity contribution in [3.05, 3.63) is 57.4 Å². The second-order valence-corrected chi connectivity index (χ2v) is 9.04. The summed E-state index contributed by atoms with van der Waals surface area (Å²) < 4.78 is 2.09. The van der Waals surface area contributed by atoms with Crippen LogP contribution in [0.15, 0.2) is 36.5 Å². The van der Waals surface area contributed by atoms with Crippen molar-refractivity contribution in [2.75, 3.05) is 6.54 Å². The van der Waals surface area contributed by atoms with Crippen molar-refractivity contribution in [2.24, 2.45) is 5.73 Å². The maximum Gasteiger partial charge on any atom is 0.261 e. The number of hydrogen-bond acceptors (Lipinski definition) is 4. The van der Waals surface area contributed by atoms with Crippen molar-refractivity contribution < 1.29 is 4.79 Å². The van der Waals surface area contributed by atoms with E-state index in [-0.39, 0.29) is 11.9 Å². The Morgan fingerprint density at radius 1 is 1.38 bits per heavy atom. The summed E-state index contributed by atoms with van der Waals surface area (Å²) in [6.45, 7) is 3.44. The zero-order valence-electron chi connectivity index (χ0n) is 17.1. The highest BCUT2D eigenvalue weighted by molar-refractivity contribution is 7.14. The van der Waals surface area contributed by atoms with Gasteiger partial charge in [-0.2, -0.15) is 5.10 Å². The number of amides is 1. The molecule has 150 valence electrons. The van der Waals surface area contributed by atoms with Crippen molar-refractivity contribution in [1.82, 2.24) is 15.1 Å². The minimum atomic E-state index is -0.0822. The number of nitrogens with zero attached hydrogens (tertiary/aromatic N) is 2. The van der Waals surface area contributed by atoms with E-state index in [1.54, 1.807) is 11.3 Å². The summed E-state index contributed by atoms with van der Waals surface area (Å²) in [5.41, 5.74) is 11.9. The first-order valence-corrected chi connectivity index (χ1v) is 11.1. The molecule has 1 amide bonds. The third-order valence-corrected chi connectivity index (χ3v) is 6.71. The van der Waals surface area contributed by atoms with Gasteiger partial charge in [-0.1, -0.05) is 29.7 Å². The van der Waals surface area contributed by atoms with Crippen molar-refractivity contribution in [1.29, 1.82) is 0 Å². The van der Waals surface area contributed by atoms with Crippen LogP contribution in [0.5, 0.6) is 0 Å². The quantitative estimate of drug-likeness (QED) is 0.635. The highest BCUT2D eigenvalue weighted by Gasteiger charge is 2.22. The van der Waals surface area contributed by atoms with Gasteiger partial charge >= 0.3 is 0 Å². The smallest absolute Gasteiger partial charge is 0.261 e. The number of hydrogen-bond donors (Lipinski definition) is 2. The van der Waals surface area contributed by atoms with Crippen LogP contribution in [-0.4, -0.2) is 36.1 Å². The van der Waals surface area contributed by atoms with Crippen LogP contribution in [0.25, 0.3) is 11.3 Å². The van der Waals surface area contributed by atoms with Gasteiger partial charge in [-0.3, -0.25) is 9.48 Å². The minimum Gasteiger partial charge on any atom is -0.347 e. The third kappa shape index (κ3) is 4.31. The summed E-state index contributed by atoms with van der Waals surface area (Å²) in [5.74, 6) is -0.0337. The maximum absolute atomic E-state index is 13.0. The Kier molecular flexibility index (Phi) is 5.87. The average Bonchev–Trinajstić information content (AvgIpc) is 3.25. The number of rotatable bonds is 5. The van der Waals surface area contributed by atoms with E-state index in [9.17, 15) is 4.79 Å². The molecule has 0 aliphatic carbocycles. The molecule has 0 saturated carbocycles. The Morgan fingerprint density at radius 3 is 3.03 bits per heavy atom. The number of fused-ring (bicyclic) bond motifs is 3. The Hall–Kier alpha value is -2.38. The zero-order chi connectivity index (χ0) is 20.4. The molecule has 4 rings (SSSR count). The Morgan fingerprint density at radius 2 is 2.24 bits per heavy atom. The summed E-state index contributed by atoms with van der Waals surface area (Å²) in [6, 6.07) is 10.3. The molecule has 1 aliphatic heterocycles. The molecule has 0 fully saturated rings. The van der Waals surface area contributed by atoms with E-state index in [0.29, 0.717) is 6.54 Å². The van der Waals surface area contributed by atoms with Gasteiger partial charge in [0.25, 0.3) is 5.91 Å². The van der Waals surface area contributed by atoms with E-state index >= 15 is 0 Å². The molecule has 1 aliphatic rings. The summed E-state index contributed by atoms with van der Waals surface area (Å²) in [7, 11) is 2.08. The van der Waals surface area contributed by atoms with Crippen molar-refractivity contribution >= 4 is 30.6 Å². The number of carbonyl (C=O) groups excluding carboxylic acids is 1. The lowest BCUT2D eigenvalue weighted by Crippen LogP contribution is -2.41. The molecule has 1 unspecified atom stereocenters. The molecule has 1 atom stereocenters. The molecule has 1 aromatic carbocycles. The first kappa shape index (κ1) is 19.9. The lowest BCUT2D eigenvalue weighted by atomic mass is 9.92. The lowest BCUT2D eigenvalue weighted by Gasteiger charge is -2.16. The first-order valence-electron chi connectivity index (χ1n) is 10.3. The van der Waals surface area contributed by atoms with Gasteiger partial charge in [0.05, 0.1) is 16.8 Å². The third-order valence-electron chi connectivity index (χ3n) is 5.52. The highest BCUT2D eigenvalue weighted by Crippen LogP contribution is 2.36. The van der Waals surface area contributed by atoms with E-state index in [4.69, 9.17) is 5.73 Å². The van der Waals surface area contributed by atoms with Crippen LogP contribution < -0.4 is 16.5 Å². The standard InChI is InChI=1S/C22H27BN4OS/c1-14-13-25-27-8-3-2-7-19-18(21(14)27)11-20(29-19)22(28)26-17(12-24)10-15-5-4-6-16(23)9-15/h4-6,9,11,13,17H,2-3,7-8,10,12,23-24H2,1H3,(H,26,28). The molecule has 0 spiro atoms. The number of nitrogens with two attached hydrogens (primary N) is 1. The fourth-order valence-electron chi connectivity index (χ4n) is 4.05. The van der Waals surface area contributed by atoms with E-state index < -0.39 is 0 Å². The van der Waals surface area contributed by atoms with Gasteiger partial charge in [-0.15, -0.1) is 11.3 Å². The fourth-order valence-corrected chi connectivity index (χ4v) is 5.15. The van der Waals surface area contributed by atoms with Gasteiger partial charge < -0.3 is 11.1 Å². The summed E-state index contributed by atoms with van der Waals surface area (Å²) in [6.07, 6.45) is 5.90. The van der Waals surface area contributed by atoms with E-state index in [1.807, 2.05) is 18.3 Å². The number of aryl methyl sites for hydroxylation is 3. The average molecular weight is 406 g/mol. The Labute approximate surface area is 176 Å². The molecule has 3 aromatic rings. The second-order valence-electron chi connectivity index (χ2n) is 7.90. The monoisotopic (exact) mass is 406 g/mol. The summed E-state index contributed by atoms with van der Waals surface area (Å²) in [5, 5.41) is 7.68. The fraction of sp³-hybridized carbons (Fsp3) is 0.364. The van der Waals surface area contributed by atoms with Crippen LogP contribution in [0.2, 0.25) is 0 Å². The largest absolute Gasteiger partial charge is 0.347 e. The Bertz CT molecular complexity index is 1030. The predicted molar refractivity (Wildman–Crippen MR) is 122 cm³/mol. The molecular weight excluding hydrogens is 379 g/mol. The number of carbonyl (C=O) groups is 1. The minimum absolute atomic E-state index is 0.0337. The molecule has 0 radical (unpaired) electrons. The molecular formula is C22H27BN4OS. The van der Waals surface area contributed by atoms with Crippen LogP contribution in [0.3, 0.4) is 0 Å². The number of benzene rings is 1. The molecule has 3 N–H and O–H groups in total. The molecule has 0 bridgehead atoms. The van der Waals surface area contributed by atoms with Crippen LogP contribution in [0, 0.1) is 6.92 Å². The maximum atomic E-state index is 13.0. The second kappa shape index (κ2) is 8.55. The van der Waals surface area contributed by atoms with E-state index in [0.717, 1.165) is 53.9 Å². The van der Waals surface area contributed by atoms with E-state index in [2.05, 4.69) is 48.1 Å². The number of aromatic nitrogens is 2. The van der Waals surface area contributed by atoms with Crippen molar-refractivity contribution in [2.45, 2.75) is 45.2 Å². The van der Waals surface area contributed by atoms with Gasteiger partial charge in [0.2, 0.25) is 0 Å². The van der Waals surface area contributed by atoms with Gasteiger partial charge in [-0.25, -0.2) is 0 Å². The molecule has 7 heteroatoms. The van der Waals surface area contributed by atoms with Crippen molar-refractivity contribution in [3.63, 3.8) is 0 Å². The summed E-state index contributed by atoms with van der Waals surface area (Å²) >= 11 is 1.61. The Balaban J connectivity index is 1.55. The molecule has 2 aromatic heterocycles. The van der Waals surface area contributed by atoms with Crippen molar-refractivity contribution in [3.8, 4) is 11.3 Å². The number of thiophene rings is 1.